The highest BCUT2D eigenvalue weighted by molar-refractivity contribution is 6.02. The topological polar surface area (TPSA) is 123 Å². The van der Waals surface area contributed by atoms with E-state index in [1.807, 2.05) is 0 Å². The number of amides is 2. The van der Waals surface area contributed by atoms with Crippen LogP contribution in [-0.4, -0.2) is 46.2 Å². The third-order valence-electron chi connectivity index (χ3n) is 5.28. The molecule has 4 rings (SSSR count). The number of carbonyl (C=O) groups is 2. The predicted molar refractivity (Wildman–Crippen MR) is 113 cm³/mol. The zero-order valence-corrected chi connectivity index (χ0v) is 17.4. The molecule has 0 saturated carbocycles. The van der Waals surface area contributed by atoms with Crippen LogP contribution in [0.25, 0.3) is 11.0 Å². The maximum absolute atomic E-state index is 13.3. The van der Waals surface area contributed by atoms with E-state index in [1.165, 1.54) is 29.9 Å². The van der Waals surface area contributed by atoms with Crippen molar-refractivity contribution in [2.45, 2.75) is 26.0 Å². The van der Waals surface area contributed by atoms with Crippen molar-refractivity contribution in [3.63, 3.8) is 0 Å². The van der Waals surface area contributed by atoms with Gasteiger partial charge in [0, 0.05) is 31.8 Å². The zero-order chi connectivity index (χ0) is 23.0. The van der Waals surface area contributed by atoms with E-state index in [0.29, 0.717) is 12.1 Å². The van der Waals surface area contributed by atoms with Gasteiger partial charge in [-0.15, -0.1) is 0 Å². The van der Waals surface area contributed by atoms with Gasteiger partial charge in [-0.1, -0.05) is 12.1 Å². The van der Waals surface area contributed by atoms with Crippen molar-refractivity contribution in [3.8, 4) is 11.5 Å². The number of ether oxygens (including phenoxy) is 1. The van der Waals surface area contributed by atoms with Crippen LogP contribution in [-0.2, 0) is 17.8 Å². The summed E-state index contributed by atoms with van der Waals surface area (Å²) >= 11 is 0. The summed E-state index contributed by atoms with van der Waals surface area (Å²) in [7, 11) is 1.34. The first-order valence-electron chi connectivity index (χ1n) is 10.0. The molecule has 0 fully saturated rings. The Morgan fingerprint density at radius 3 is 2.69 bits per heavy atom. The van der Waals surface area contributed by atoms with Crippen LogP contribution in [0.4, 0.5) is 4.39 Å². The number of halogens is 1. The monoisotopic (exact) mass is 440 g/mol. The van der Waals surface area contributed by atoms with E-state index < -0.39 is 34.8 Å². The molecule has 1 aliphatic rings. The lowest BCUT2D eigenvalue weighted by Gasteiger charge is -2.29. The highest BCUT2D eigenvalue weighted by Gasteiger charge is 2.34. The molecule has 0 saturated heterocycles. The molecule has 2 aromatic heterocycles. The first-order chi connectivity index (χ1) is 15.3. The first-order valence-corrected chi connectivity index (χ1v) is 10.0. The average Bonchev–Trinajstić information content (AvgIpc) is 2.79. The van der Waals surface area contributed by atoms with E-state index >= 15 is 0 Å². The molecule has 2 amide bonds. The van der Waals surface area contributed by atoms with Crippen LogP contribution in [0.2, 0.25) is 0 Å². The fourth-order valence-electron chi connectivity index (χ4n) is 3.76. The maximum Gasteiger partial charge on any atom is 0.268 e. The molecular weight excluding hydrogens is 419 g/mol. The Balaban J connectivity index is 1.94. The summed E-state index contributed by atoms with van der Waals surface area (Å²) < 4.78 is 20.5. The van der Waals surface area contributed by atoms with Gasteiger partial charge in [-0.25, -0.2) is 4.39 Å². The van der Waals surface area contributed by atoms with Gasteiger partial charge in [0.15, 0.2) is 17.6 Å². The molecule has 0 spiro atoms. The molecule has 10 heteroatoms. The predicted octanol–water partition coefficient (Wildman–Crippen LogP) is 1.09. The van der Waals surface area contributed by atoms with Gasteiger partial charge in [0.05, 0.1) is 6.54 Å². The molecule has 3 heterocycles. The number of likely N-dealkylation sites (N-methyl/N-ethyl adjacent to an activating group) is 1. The van der Waals surface area contributed by atoms with Crippen molar-refractivity contribution in [3.05, 3.63) is 63.3 Å². The van der Waals surface area contributed by atoms with Crippen LogP contribution in [0.5, 0.6) is 11.5 Å². The Labute approximate surface area is 181 Å². The number of rotatable bonds is 5. The van der Waals surface area contributed by atoms with E-state index in [1.54, 1.807) is 19.1 Å². The van der Waals surface area contributed by atoms with Crippen molar-refractivity contribution in [1.82, 2.24) is 20.2 Å². The minimum atomic E-state index is -1.03. The van der Waals surface area contributed by atoms with Crippen molar-refractivity contribution in [1.29, 1.82) is 0 Å². The molecule has 1 aromatic carbocycles. The number of aromatic nitrogens is 2. The third-order valence-corrected chi connectivity index (χ3v) is 5.28. The number of pyridine rings is 2. The van der Waals surface area contributed by atoms with Crippen LogP contribution in [0, 0.1) is 5.82 Å². The van der Waals surface area contributed by atoms with Crippen LogP contribution in [0.3, 0.4) is 0 Å². The van der Waals surface area contributed by atoms with Crippen LogP contribution in [0.15, 0.2) is 35.3 Å². The van der Waals surface area contributed by atoms with E-state index in [9.17, 15) is 23.9 Å². The summed E-state index contributed by atoms with van der Waals surface area (Å²) in [6, 6.07) is 5.86. The van der Waals surface area contributed by atoms with E-state index in [2.05, 4.69) is 15.6 Å². The van der Waals surface area contributed by atoms with Crippen molar-refractivity contribution >= 4 is 22.8 Å². The normalized spacial score (nSPS) is 14.7. The highest BCUT2D eigenvalue weighted by atomic mass is 19.1. The van der Waals surface area contributed by atoms with Gasteiger partial charge in [0.25, 0.3) is 17.4 Å². The Hall–Kier alpha value is -3.95. The molecule has 9 nitrogen and oxygen atoms in total. The summed E-state index contributed by atoms with van der Waals surface area (Å²) in [4.78, 5) is 42.2. The van der Waals surface area contributed by atoms with Gasteiger partial charge in [-0.05, 0) is 24.6 Å². The minimum absolute atomic E-state index is 0.00964. The SMILES string of the molecule is CCNC(=O)[C@@H]1Cn2c(=O)c(C(=O)NC)c(O)c3ncc(Cc4ccc(F)cc4)c(c32)O1. The second kappa shape index (κ2) is 8.29. The van der Waals surface area contributed by atoms with E-state index in [4.69, 9.17) is 4.74 Å². The summed E-state index contributed by atoms with van der Waals surface area (Å²) in [5.41, 5.74) is 0.289. The first kappa shape index (κ1) is 21.3. The summed E-state index contributed by atoms with van der Waals surface area (Å²) in [6.07, 6.45) is 0.704. The van der Waals surface area contributed by atoms with Gasteiger partial charge in [0.1, 0.15) is 22.4 Å². The lowest BCUT2D eigenvalue weighted by atomic mass is 10.0. The molecule has 0 unspecified atom stereocenters. The fraction of sp³-hybridized carbons (Fsp3) is 0.273. The number of benzene rings is 1. The van der Waals surface area contributed by atoms with Gasteiger partial charge < -0.3 is 20.5 Å². The second-order valence-corrected chi connectivity index (χ2v) is 7.33. The minimum Gasteiger partial charge on any atom is -0.505 e. The Bertz CT molecular complexity index is 1290. The highest BCUT2D eigenvalue weighted by Crippen LogP contribution is 2.37. The molecule has 1 atom stereocenters. The molecular formula is C22H21FN4O5. The van der Waals surface area contributed by atoms with Gasteiger partial charge in [0.2, 0.25) is 0 Å². The Morgan fingerprint density at radius 1 is 1.31 bits per heavy atom. The van der Waals surface area contributed by atoms with Crippen LogP contribution < -0.4 is 20.9 Å². The Morgan fingerprint density at radius 2 is 2.03 bits per heavy atom. The molecule has 0 radical (unpaired) electrons. The number of hydrogen-bond acceptors (Lipinski definition) is 6. The lowest BCUT2D eigenvalue weighted by Crippen LogP contribution is -2.46. The molecule has 0 aliphatic carbocycles. The zero-order valence-electron chi connectivity index (χ0n) is 17.4. The molecule has 166 valence electrons. The molecule has 1 aliphatic heterocycles. The quantitative estimate of drug-likeness (QED) is 0.546. The Kier molecular flexibility index (Phi) is 5.52. The van der Waals surface area contributed by atoms with Crippen LogP contribution in [0.1, 0.15) is 28.4 Å². The third kappa shape index (κ3) is 3.53. The smallest absolute Gasteiger partial charge is 0.268 e. The molecule has 3 N–H and O–H groups in total. The van der Waals surface area contributed by atoms with Crippen molar-refractivity contribution in [2.75, 3.05) is 13.6 Å². The van der Waals surface area contributed by atoms with Gasteiger partial charge in [-0.3, -0.25) is 23.9 Å². The molecule has 0 bridgehead atoms. The summed E-state index contributed by atoms with van der Waals surface area (Å²) in [5.74, 6) is -1.91. The maximum atomic E-state index is 13.3. The number of hydrogen-bond donors (Lipinski definition) is 3. The summed E-state index contributed by atoms with van der Waals surface area (Å²) in [6.45, 7) is 1.97. The summed E-state index contributed by atoms with van der Waals surface area (Å²) in [5, 5.41) is 15.7. The number of carbonyl (C=O) groups excluding carboxylic acids is 2. The van der Waals surface area contributed by atoms with E-state index in [0.717, 1.165) is 5.56 Å². The van der Waals surface area contributed by atoms with Crippen molar-refractivity contribution < 1.29 is 23.8 Å². The molecule has 3 aromatic rings. The number of aromatic hydroxyl groups is 1. The number of nitrogens with zero attached hydrogens (tertiary/aromatic N) is 2. The van der Waals surface area contributed by atoms with Crippen molar-refractivity contribution in [2.24, 2.45) is 0 Å². The second-order valence-electron chi connectivity index (χ2n) is 7.33. The van der Waals surface area contributed by atoms with Crippen LogP contribution >= 0.6 is 0 Å². The van der Waals surface area contributed by atoms with E-state index in [-0.39, 0.29) is 35.6 Å². The largest absolute Gasteiger partial charge is 0.505 e. The lowest BCUT2D eigenvalue weighted by molar-refractivity contribution is -0.128. The van der Waals surface area contributed by atoms with Gasteiger partial charge in [-0.2, -0.15) is 0 Å². The standard InChI is InChI=1S/C22H21FN4O5/c1-3-25-20(29)14-10-27-17-16(18(28)15(22(27)31)21(30)24-2)26-9-12(19(17)32-14)8-11-4-6-13(23)7-5-11/h4-7,9,14,28H,3,8,10H2,1-2H3,(H,24,30)(H,25,29)/t14-/m0/s1. The molecule has 32 heavy (non-hydrogen) atoms. The van der Waals surface area contributed by atoms with Gasteiger partial charge >= 0.3 is 0 Å². The fourth-order valence-corrected chi connectivity index (χ4v) is 3.76. The average molecular weight is 440 g/mol. The number of nitrogens with one attached hydrogen (secondary N) is 2.